The molecule has 2 aromatic rings. The third-order valence-electron chi connectivity index (χ3n) is 3.11. The second-order valence-corrected chi connectivity index (χ2v) is 6.19. The fourth-order valence-corrected chi connectivity index (χ4v) is 2.11. The molecule has 0 heterocycles. The quantitative estimate of drug-likeness (QED) is 0.639. The van der Waals surface area contributed by atoms with Crippen LogP contribution in [0.15, 0.2) is 54.6 Å². The number of hydrogen-bond donors (Lipinski definition) is 1. The number of benzene rings is 2. The van der Waals surface area contributed by atoms with E-state index in [0.29, 0.717) is 0 Å². The van der Waals surface area contributed by atoms with Gasteiger partial charge in [0.1, 0.15) is 0 Å². The van der Waals surface area contributed by atoms with Gasteiger partial charge in [-0.3, -0.25) is 0 Å². The molecule has 108 valence electrons. The smallest absolute Gasteiger partial charge is 0.0233 e. The number of allylic oxidation sites excluding steroid dienone is 1. The van der Waals surface area contributed by atoms with Crippen molar-refractivity contribution >= 4 is 10.8 Å². The van der Waals surface area contributed by atoms with Crippen LogP contribution >= 0.6 is 0 Å². The number of rotatable bonds is 4. The van der Waals surface area contributed by atoms with E-state index in [1.807, 2.05) is 6.08 Å². The first-order chi connectivity index (χ1) is 10.1. The highest BCUT2D eigenvalue weighted by Crippen LogP contribution is 2.18. The minimum atomic E-state index is 0.0702. The van der Waals surface area contributed by atoms with Crippen LogP contribution in [0.25, 0.3) is 10.8 Å². The van der Waals surface area contributed by atoms with Gasteiger partial charge in [-0.2, -0.15) is 0 Å². The average Bonchev–Trinajstić information content (AvgIpc) is 2.45. The Kier molecular flexibility index (Phi) is 5.20. The highest BCUT2D eigenvalue weighted by molar-refractivity contribution is 5.85. The van der Waals surface area contributed by atoms with E-state index in [2.05, 4.69) is 86.5 Å². The van der Waals surface area contributed by atoms with E-state index < -0.39 is 0 Å². The van der Waals surface area contributed by atoms with Crippen LogP contribution in [-0.4, -0.2) is 6.54 Å². The van der Waals surface area contributed by atoms with Crippen LogP contribution in [0.2, 0.25) is 0 Å². The Morgan fingerprint density at radius 3 is 2.62 bits per heavy atom. The standard InChI is InChI=1S/C20H23N/c1-20(2,3)14-7-4-8-15-21-16-18-12-9-11-17-10-5-6-13-19(17)18/h4-6,8-13,21H,15-16H2,1-3H3/b8-4-. The molecule has 0 unspecified atom stereocenters. The van der Waals surface area contributed by atoms with Crippen molar-refractivity contribution in [2.75, 3.05) is 6.54 Å². The third kappa shape index (κ3) is 5.10. The first-order valence-corrected chi connectivity index (χ1v) is 7.41. The summed E-state index contributed by atoms with van der Waals surface area (Å²) in [6.07, 6.45) is 4.01. The summed E-state index contributed by atoms with van der Waals surface area (Å²) in [5.74, 6) is 6.27. The van der Waals surface area contributed by atoms with Crippen molar-refractivity contribution in [2.24, 2.45) is 5.41 Å². The second kappa shape index (κ2) is 7.11. The highest BCUT2D eigenvalue weighted by Gasteiger charge is 2.02. The topological polar surface area (TPSA) is 12.0 Å². The molecule has 0 fully saturated rings. The van der Waals surface area contributed by atoms with E-state index in [4.69, 9.17) is 0 Å². The summed E-state index contributed by atoms with van der Waals surface area (Å²) in [7, 11) is 0. The van der Waals surface area contributed by atoms with Gasteiger partial charge in [0.05, 0.1) is 0 Å². The maximum Gasteiger partial charge on any atom is 0.0233 e. The molecule has 2 aromatic carbocycles. The third-order valence-corrected chi connectivity index (χ3v) is 3.11. The van der Waals surface area contributed by atoms with Crippen LogP contribution in [0, 0.1) is 17.3 Å². The summed E-state index contributed by atoms with van der Waals surface area (Å²) < 4.78 is 0. The van der Waals surface area contributed by atoms with Crippen molar-refractivity contribution in [3.63, 3.8) is 0 Å². The fourth-order valence-electron chi connectivity index (χ4n) is 2.11. The Labute approximate surface area is 128 Å². The lowest BCUT2D eigenvalue weighted by atomic mass is 9.98. The Morgan fingerprint density at radius 1 is 1.05 bits per heavy atom. The summed E-state index contributed by atoms with van der Waals surface area (Å²) in [5, 5.41) is 6.05. The molecule has 0 amide bonds. The molecule has 0 aliphatic heterocycles. The molecule has 0 bridgehead atoms. The minimum absolute atomic E-state index is 0.0702. The number of hydrogen-bond acceptors (Lipinski definition) is 1. The van der Waals surface area contributed by atoms with Gasteiger partial charge < -0.3 is 5.32 Å². The molecule has 0 saturated carbocycles. The zero-order valence-electron chi connectivity index (χ0n) is 13.1. The maximum absolute atomic E-state index is 3.44. The van der Waals surface area contributed by atoms with E-state index in [-0.39, 0.29) is 5.41 Å². The van der Waals surface area contributed by atoms with E-state index in [1.54, 1.807) is 0 Å². The van der Waals surface area contributed by atoms with Crippen molar-refractivity contribution in [3.8, 4) is 11.8 Å². The molecule has 0 spiro atoms. The van der Waals surface area contributed by atoms with Gasteiger partial charge in [-0.25, -0.2) is 0 Å². The molecule has 0 aliphatic carbocycles. The molecular weight excluding hydrogens is 254 g/mol. The molecule has 1 N–H and O–H groups in total. The summed E-state index contributed by atoms with van der Waals surface area (Å²) in [6, 6.07) is 14.9. The van der Waals surface area contributed by atoms with Gasteiger partial charge in [-0.1, -0.05) is 60.4 Å². The van der Waals surface area contributed by atoms with Gasteiger partial charge in [0.15, 0.2) is 0 Å². The average molecular weight is 277 g/mol. The summed E-state index contributed by atoms with van der Waals surface area (Å²) in [5.41, 5.74) is 1.41. The molecule has 0 aliphatic rings. The zero-order valence-corrected chi connectivity index (χ0v) is 13.1. The van der Waals surface area contributed by atoms with Crippen molar-refractivity contribution in [2.45, 2.75) is 27.3 Å². The highest BCUT2D eigenvalue weighted by atomic mass is 14.8. The molecule has 1 nitrogen and oxygen atoms in total. The number of nitrogens with one attached hydrogen (secondary N) is 1. The van der Waals surface area contributed by atoms with Crippen molar-refractivity contribution in [1.82, 2.24) is 5.32 Å². The zero-order chi connectivity index (χ0) is 15.1. The van der Waals surface area contributed by atoms with E-state index >= 15 is 0 Å². The Balaban J connectivity index is 1.88. The molecule has 21 heavy (non-hydrogen) atoms. The molecule has 1 heteroatoms. The van der Waals surface area contributed by atoms with Crippen molar-refractivity contribution in [3.05, 3.63) is 60.2 Å². The molecule has 0 atom stereocenters. The van der Waals surface area contributed by atoms with E-state index in [0.717, 1.165) is 13.1 Å². The monoisotopic (exact) mass is 277 g/mol. The first-order valence-electron chi connectivity index (χ1n) is 7.41. The molecule has 2 rings (SSSR count). The van der Waals surface area contributed by atoms with Gasteiger partial charge >= 0.3 is 0 Å². The second-order valence-electron chi connectivity index (χ2n) is 6.19. The number of fused-ring (bicyclic) bond motifs is 1. The normalized spacial score (nSPS) is 11.6. The minimum Gasteiger partial charge on any atom is -0.309 e. The Hall–Kier alpha value is -2.04. The van der Waals surface area contributed by atoms with Crippen LogP contribution in [0.3, 0.4) is 0 Å². The van der Waals surface area contributed by atoms with Gasteiger partial charge in [0.2, 0.25) is 0 Å². The van der Waals surface area contributed by atoms with Crippen molar-refractivity contribution < 1.29 is 0 Å². The Morgan fingerprint density at radius 2 is 1.81 bits per heavy atom. The lowest BCUT2D eigenvalue weighted by Gasteiger charge is -2.07. The predicted molar refractivity (Wildman–Crippen MR) is 92.0 cm³/mol. The van der Waals surface area contributed by atoms with E-state index in [1.165, 1.54) is 16.3 Å². The van der Waals surface area contributed by atoms with Gasteiger partial charge in [-0.05, 0) is 43.2 Å². The SMILES string of the molecule is CC(C)(C)C#C/C=C\CNCc1cccc2ccccc12. The molecule has 0 aromatic heterocycles. The van der Waals surface area contributed by atoms with Crippen LogP contribution in [-0.2, 0) is 6.54 Å². The largest absolute Gasteiger partial charge is 0.309 e. The van der Waals surface area contributed by atoms with Gasteiger partial charge in [0.25, 0.3) is 0 Å². The van der Waals surface area contributed by atoms with Gasteiger partial charge in [-0.15, -0.1) is 0 Å². The predicted octanol–water partition coefficient (Wildman–Crippen LogP) is 4.54. The van der Waals surface area contributed by atoms with Crippen LogP contribution in [0.5, 0.6) is 0 Å². The molecule has 0 saturated heterocycles. The summed E-state index contributed by atoms with van der Waals surface area (Å²) in [6.45, 7) is 8.06. The molecule has 0 radical (unpaired) electrons. The van der Waals surface area contributed by atoms with Crippen LogP contribution in [0.1, 0.15) is 26.3 Å². The van der Waals surface area contributed by atoms with Crippen LogP contribution in [0.4, 0.5) is 0 Å². The first kappa shape index (κ1) is 15.4. The Bertz CT molecular complexity index is 673. The lowest BCUT2D eigenvalue weighted by Crippen LogP contribution is -2.12. The maximum atomic E-state index is 3.44. The fraction of sp³-hybridized carbons (Fsp3) is 0.300. The molecular formula is C20H23N. The van der Waals surface area contributed by atoms with Crippen molar-refractivity contribution in [1.29, 1.82) is 0 Å². The summed E-state index contributed by atoms with van der Waals surface area (Å²) in [4.78, 5) is 0. The lowest BCUT2D eigenvalue weighted by molar-refractivity contribution is 0.571. The summed E-state index contributed by atoms with van der Waals surface area (Å²) >= 11 is 0. The van der Waals surface area contributed by atoms with Gasteiger partial charge in [0, 0.05) is 18.5 Å². The van der Waals surface area contributed by atoms with Crippen LogP contribution < -0.4 is 5.32 Å². The van der Waals surface area contributed by atoms with E-state index in [9.17, 15) is 0 Å².